The van der Waals surface area contributed by atoms with Crippen LogP contribution >= 0.6 is 0 Å². The normalized spacial score (nSPS) is 14.6. The maximum atomic E-state index is 12.0. The third kappa shape index (κ3) is 3.89. The Kier molecular flexibility index (Phi) is 4.74. The summed E-state index contributed by atoms with van der Waals surface area (Å²) in [6.07, 6.45) is 2.17. The minimum Gasteiger partial charge on any atom is -0.748 e. The summed E-state index contributed by atoms with van der Waals surface area (Å²) in [4.78, 5) is 25.3. The first-order valence-electron chi connectivity index (χ1n) is 6.79. The Balaban J connectivity index is 1.78. The van der Waals surface area contributed by atoms with E-state index in [2.05, 4.69) is 0 Å². The van der Waals surface area contributed by atoms with Gasteiger partial charge in [-0.1, -0.05) is 25.0 Å². The Labute approximate surface area is 123 Å². The fraction of sp³-hybridized carbons (Fsp3) is 0.429. The van der Waals surface area contributed by atoms with Crippen molar-refractivity contribution < 1.29 is 22.6 Å². The van der Waals surface area contributed by atoms with Gasteiger partial charge in [0.15, 0.2) is 0 Å². The molecule has 7 heteroatoms. The molecule has 1 aliphatic rings. The number of carbonyl (C=O) groups excluding carboxylic acids is 2. The van der Waals surface area contributed by atoms with Gasteiger partial charge in [-0.25, -0.2) is 8.42 Å². The minimum absolute atomic E-state index is 0.280. The molecule has 2 amide bonds. The summed E-state index contributed by atoms with van der Waals surface area (Å²) in [7, 11) is -4.15. The van der Waals surface area contributed by atoms with Gasteiger partial charge >= 0.3 is 0 Å². The molecule has 0 spiro atoms. The molecule has 1 aromatic rings. The molecular formula is C14H16NO5S-. The Morgan fingerprint density at radius 2 is 1.43 bits per heavy atom. The molecule has 0 aromatic heterocycles. The van der Waals surface area contributed by atoms with Gasteiger partial charge in [0, 0.05) is 12.3 Å². The second-order valence-corrected chi connectivity index (χ2v) is 6.51. The molecule has 2 rings (SSSR count). The van der Waals surface area contributed by atoms with E-state index in [0.29, 0.717) is 43.4 Å². The van der Waals surface area contributed by atoms with Crippen LogP contribution in [0.15, 0.2) is 24.3 Å². The van der Waals surface area contributed by atoms with Crippen molar-refractivity contribution >= 4 is 21.9 Å². The molecule has 1 aliphatic heterocycles. The number of hydrogen-bond donors (Lipinski definition) is 0. The minimum atomic E-state index is -4.15. The van der Waals surface area contributed by atoms with Gasteiger partial charge in [-0.05, 0) is 25.0 Å². The Morgan fingerprint density at radius 3 is 1.95 bits per heavy atom. The molecule has 0 N–H and O–H groups in total. The zero-order valence-corrected chi connectivity index (χ0v) is 12.3. The SMILES string of the molecule is O=C1c2ccccc2C(=O)N1CCCCCCS(=O)(=O)[O-]. The van der Waals surface area contributed by atoms with Gasteiger partial charge in [0.05, 0.1) is 21.2 Å². The first-order chi connectivity index (χ1) is 9.90. The predicted octanol–water partition coefficient (Wildman–Crippen LogP) is 1.39. The summed E-state index contributed by atoms with van der Waals surface area (Å²) in [5.41, 5.74) is 0.861. The predicted molar refractivity (Wildman–Crippen MR) is 74.8 cm³/mol. The van der Waals surface area contributed by atoms with Crippen LogP contribution in [0.1, 0.15) is 46.4 Å². The maximum Gasteiger partial charge on any atom is 0.261 e. The monoisotopic (exact) mass is 310 g/mol. The Bertz CT molecular complexity index is 618. The zero-order chi connectivity index (χ0) is 15.5. The first-order valence-corrected chi connectivity index (χ1v) is 8.37. The van der Waals surface area contributed by atoms with Gasteiger partial charge in [-0.2, -0.15) is 0 Å². The van der Waals surface area contributed by atoms with E-state index in [-0.39, 0.29) is 17.6 Å². The van der Waals surface area contributed by atoms with Gasteiger partial charge in [0.1, 0.15) is 0 Å². The van der Waals surface area contributed by atoms with Gasteiger partial charge in [-0.15, -0.1) is 0 Å². The third-order valence-corrected chi connectivity index (χ3v) is 4.19. The van der Waals surface area contributed by atoms with Crippen LogP contribution in [0.4, 0.5) is 0 Å². The van der Waals surface area contributed by atoms with E-state index in [1.807, 2.05) is 0 Å². The van der Waals surface area contributed by atoms with E-state index in [0.717, 1.165) is 0 Å². The van der Waals surface area contributed by atoms with E-state index in [9.17, 15) is 22.6 Å². The summed E-state index contributed by atoms with van der Waals surface area (Å²) in [6, 6.07) is 6.71. The van der Waals surface area contributed by atoms with Crippen molar-refractivity contribution in [2.24, 2.45) is 0 Å². The molecule has 0 bridgehead atoms. The van der Waals surface area contributed by atoms with E-state index >= 15 is 0 Å². The molecule has 0 atom stereocenters. The van der Waals surface area contributed by atoms with Crippen LogP contribution in [0.3, 0.4) is 0 Å². The van der Waals surface area contributed by atoms with Crippen molar-refractivity contribution in [1.82, 2.24) is 4.90 Å². The van der Waals surface area contributed by atoms with Crippen LogP contribution in [-0.2, 0) is 10.1 Å². The second-order valence-electron chi connectivity index (χ2n) is 4.98. The lowest BCUT2D eigenvalue weighted by molar-refractivity contribution is 0.0651. The van der Waals surface area contributed by atoms with Crippen molar-refractivity contribution in [2.45, 2.75) is 25.7 Å². The maximum absolute atomic E-state index is 12.0. The van der Waals surface area contributed by atoms with E-state index < -0.39 is 10.1 Å². The van der Waals surface area contributed by atoms with Crippen molar-refractivity contribution in [3.63, 3.8) is 0 Å². The van der Waals surface area contributed by atoms with Crippen LogP contribution < -0.4 is 0 Å². The molecule has 114 valence electrons. The summed E-state index contributed by atoms with van der Waals surface area (Å²) in [5.74, 6) is -0.921. The van der Waals surface area contributed by atoms with E-state index in [1.165, 1.54) is 4.90 Å². The van der Waals surface area contributed by atoms with Crippen molar-refractivity contribution in [2.75, 3.05) is 12.3 Å². The third-order valence-electron chi connectivity index (χ3n) is 3.40. The van der Waals surface area contributed by atoms with Crippen LogP contribution in [0.5, 0.6) is 0 Å². The molecule has 1 aromatic carbocycles. The van der Waals surface area contributed by atoms with Crippen LogP contribution in [-0.4, -0.2) is 42.0 Å². The number of hydrogen-bond acceptors (Lipinski definition) is 5. The molecular weight excluding hydrogens is 294 g/mol. The molecule has 21 heavy (non-hydrogen) atoms. The zero-order valence-electron chi connectivity index (χ0n) is 11.4. The van der Waals surface area contributed by atoms with Gasteiger partial charge in [-0.3, -0.25) is 14.5 Å². The number of amides is 2. The van der Waals surface area contributed by atoms with Gasteiger partial charge in [0.25, 0.3) is 11.8 Å². The molecule has 0 aliphatic carbocycles. The highest BCUT2D eigenvalue weighted by molar-refractivity contribution is 7.85. The second kappa shape index (κ2) is 6.36. The summed E-state index contributed by atoms with van der Waals surface area (Å²) < 4.78 is 31.3. The lowest BCUT2D eigenvalue weighted by Crippen LogP contribution is -2.30. The van der Waals surface area contributed by atoms with Crippen molar-refractivity contribution in [1.29, 1.82) is 0 Å². The highest BCUT2D eigenvalue weighted by atomic mass is 32.2. The quantitative estimate of drug-likeness (QED) is 0.431. The highest BCUT2D eigenvalue weighted by Crippen LogP contribution is 2.22. The molecule has 0 radical (unpaired) electrons. The van der Waals surface area contributed by atoms with Crippen LogP contribution in [0.2, 0.25) is 0 Å². The molecule has 1 heterocycles. The average molecular weight is 310 g/mol. The van der Waals surface area contributed by atoms with E-state index in [4.69, 9.17) is 0 Å². The number of imide groups is 1. The Morgan fingerprint density at radius 1 is 0.905 bits per heavy atom. The Hall–Kier alpha value is -1.73. The number of fused-ring (bicyclic) bond motifs is 1. The number of unbranched alkanes of at least 4 members (excludes halogenated alkanes) is 3. The summed E-state index contributed by atoms with van der Waals surface area (Å²) >= 11 is 0. The standard InChI is InChI=1S/C14H17NO5S/c16-13-11-7-3-4-8-12(11)14(17)15(13)9-5-1-2-6-10-21(18,19)20/h3-4,7-8H,1-2,5-6,9-10H2,(H,18,19,20)/p-1. The summed E-state index contributed by atoms with van der Waals surface area (Å²) in [5, 5.41) is 0. The van der Waals surface area contributed by atoms with Crippen molar-refractivity contribution in [3.05, 3.63) is 35.4 Å². The van der Waals surface area contributed by atoms with Gasteiger partial charge in [0.2, 0.25) is 0 Å². The molecule has 0 unspecified atom stereocenters. The smallest absolute Gasteiger partial charge is 0.261 e. The summed E-state index contributed by atoms with van der Waals surface area (Å²) in [6.45, 7) is 0.316. The van der Waals surface area contributed by atoms with Crippen LogP contribution in [0, 0.1) is 0 Å². The number of nitrogens with zero attached hydrogens (tertiary/aromatic N) is 1. The van der Waals surface area contributed by atoms with Gasteiger partial charge < -0.3 is 4.55 Å². The number of benzene rings is 1. The lowest BCUT2D eigenvalue weighted by Gasteiger charge is -2.13. The molecule has 0 fully saturated rings. The first kappa shape index (κ1) is 15.7. The van der Waals surface area contributed by atoms with Crippen LogP contribution in [0.25, 0.3) is 0 Å². The molecule has 6 nitrogen and oxygen atoms in total. The average Bonchev–Trinajstić information content (AvgIpc) is 2.66. The van der Waals surface area contributed by atoms with Crippen molar-refractivity contribution in [3.8, 4) is 0 Å². The molecule has 0 saturated carbocycles. The fourth-order valence-corrected chi connectivity index (χ4v) is 2.90. The highest BCUT2D eigenvalue weighted by Gasteiger charge is 2.34. The fourth-order valence-electron chi connectivity index (χ4n) is 2.34. The van der Waals surface area contributed by atoms with E-state index in [1.54, 1.807) is 24.3 Å². The topological polar surface area (TPSA) is 94.6 Å². The number of carbonyl (C=O) groups is 2. The molecule has 0 saturated heterocycles. The number of rotatable bonds is 7. The lowest BCUT2D eigenvalue weighted by atomic mass is 10.1. The largest absolute Gasteiger partial charge is 0.748 e.